The van der Waals surface area contributed by atoms with E-state index in [0.29, 0.717) is 12.8 Å². The summed E-state index contributed by atoms with van der Waals surface area (Å²) in [6.07, 6.45) is 5.89. The summed E-state index contributed by atoms with van der Waals surface area (Å²) >= 11 is 0. The molecule has 0 amide bonds. The van der Waals surface area contributed by atoms with Crippen molar-refractivity contribution in [2.24, 2.45) is 5.41 Å². The molecule has 0 saturated heterocycles. The fraction of sp³-hybridized carbons (Fsp3) is 0.375. The van der Waals surface area contributed by atoms with Gasteiger partial charge >= 0.3 is 0 Å². The number of rotatable bonds is 1. The molecule has 60 valence electrons. The minimum absolute atomic E-state index is 0.150. The molecule has 0 radical (unpaired) electrons. The van der Waals surface area contributed by atoms with Crippen molar-refractivity contribution < 1.29 is 4.79 Å². The lowest BCUT2D eigenvalue weighted by Gasteiger charge is -2.03. The second-order valence-electron chi connectivity index (χ2n) is 2.97. The van der Waals surface area contributed by atoms with Crippen LogP contribution in [0.4, 0.5) is 0 Å². The van der Waals surface area contributed by atoms with Crippen molar-refractivity contribution >= 4 is 5.91 Å². The van der Waals surface area contributed by atoms with Gasteiger partial charge in [-0.15, -0.1) is 0 Å². The predicted octanol–water partition coefficient (Wildman–Crippen LogP) is 0.827. The van der Waals surface area contributed by atoms with Crippen molar-refractivity contribution in [2.75, 3.05) is 0 Å². The highest BCUT2D eigenvalue weighted by Crippen LogP contribution is 2.46. The summed E-state index contributed by atoms with van der Waals surface area (Å²) < 4.78 is 1.37. The summed E-state index contributed by atoms with van der Waals surface area (Å²) in [5.74, 6) is -0.150. The molecule has 12 heavy (non-hydrogen) atoms. The molecule has 1 aliphatic carbocycles. The Labute approximate surface area is 69.4 Å². The fourth-order valence-electron chi connectivity index (χ4n) is 1.12. The first-order valence-electron chi connectivity index (χ1n) is 3.72. The molecule has 2 rings (SSSR count). The molecule has 0 bridgehead atoms. The second-order valence-corrected chi connectivity index (χ2v) is 2.97. The Balaban J connectivity index is 2.29. The largest absolute Gasteiger partial charge is 0.275 e. The van der Waals surface area contributed by atoms with Gasteiger partial charge in [-0.3, -0.25) is 9.36 Å². The van der Waals surface area contributed by atoms with Gasteiger partial charge < -0.3 is 0 Å². The number of aromatic nitrogens is 2. The van der Waals surface area contributed by atoms with Crippen LogP contribution in [0.25, 0.3) is 0 Å². The molecule has 0 unspecified atom stereocenters. The van der Waals surface area contributed by atoms with Crippen molar-refractivity contribution in [2.45, 2.75) is 12.8 Å². The summed E-state index contributed by atoms with van der Waals surface area (Å²) in [5.41, 5.74) is -0.735. The maximum absolute atomic E-state index is 11.5. The molecule has 0 N–H and O–H groups in total. The summed E-state index contributed by atoms with van der Waals surface area (Å²) in [7, 11) is 0. The number of nitriles is 1. The number of carbonyl (C=O) groups is 1. The van der Waals surface area contributed by atoms with Crippen molar-refractivity contribution in [1.82, 2.24) is 9.55 Å². The fourth-order valence-corrected chi connectivity index (χ4v) is 1.12. The lowest BCUT2D eigenvalue weighted by molar-refractivity contribution is 0.0849. The van der Waals surface area contributed by atoms with Crippen LogP contribution in [0, 0.1) is 16.7 Å². The number of hydrogen-bond donors (Lipinski definition) is 0. The molecule has 1 heterocycles. The highest BCUT2D eigenvalue weighted by molar-refractivity contribution is 5.90. The van der Waals surface area contributed by atoms with Crippen LogP contribution in [-0.2, 0) is 0 Å². The third-order valence-corrected chi connectivity index (χ3v) is 2.11. The van der Waals surface area contributed by atoms with Crippen molar-refractivity contribution in [3.8, 4) is 6.07 Å². The molecular weight excluding hydrogens is 154 g/mol. The van der Waals surface area contributed by atoms with Crippen molar-refractivity contribution in [3.05, 3.63) is 18.7 Å². The van der Waals surface area contributed by atoms with Gasteiger partial charge in [0.2, 0.25) is 0 Å². The van der Waals surface area contributed by atoms with Gasteiger partial charge in [-0.05, 0) is 12.8 Å². The highest BCUT2D eigenvalue weighted by atomic mass is 16.2. The Morgan fingerprint density at radius 2 is 2.42 bits per heavy atom. The van der Waals surface area contributed by atoms with Gasteiger partial charge in [0, 0.05) is 12.4 Å². The summed E-state index contributed by atoms with van der Waals surface area (Å²) in [4.78, 5) is 15.3. The van der Waals surface area contributed by atoms with Crippen molar-refractivity contribution in [1.29, 1.82) is 5.26 Å². The van der Waals surface area contributed by atoms with Crippen LogP contribution >= 0.6 is 0 Å². The predicted molar refractivity (Wildman–Crippen MR) is 40.1 cm³/mol. The lowest BCUT2D eigenvalue weighted by Crippen LogP contribution is -2.20. The molecule has 0 aromatic carbocycles. The summed E-state index contributed by atoms with van der Waals surface area (Å²) in [5, 5.41) is 8.72. The Bertz CT molecular complexity index is 343. The Kier molecular flexibility index (Phi) is 1.28. The average Bonchev–Trinajstić information content (AvgIpc) is 2.71. The molecule has 1 aliphatic rings. The molecule has 0 aliphatic heterocycles. The van der Waals surface area contributed by atoms with Gasteiger partial charge in [0.05, 0.1) is 6.07 Å². The zero-order valence-electron chi connectivity index (χ0n) is 6.40. The van der Waals surface area contributed by atoms with Crippen LogP contribution in [-0.4, -0.2) is 15.5 Å². The zero-order chi connectivity index (χ0) is 8.60. The van der Waals surface area contributed by atoms with E-state index in [0.717, 1.165) is 0 Å². The number of imidazole rings is 1. The summed E-state index contributed by atoms with van der Waals surface area (Å²) in [6.45, 7) is 0. The maximum atomic E-state index is 11.5. The number of hydrogen-bond acceptors (Lipinski definition) is 3. The standard InChI is InChI=1S/C8H7N3O/c9-5-8(1-2-8)7(12)11-4-3-10-6-11/h3-4,6H,1-2H2. The van der Waals surface area contributed by atoms with E-state index in [1.807, 2.05) is 6.07 Å². The van der Waals surface area contributed by atoms with E-state index < -0.39 is 5.41 Å². The quantitative estimate of drug-likeness (QED) is 0.612. The van der Waals surface area contributed by atoms with Crippen LogP contribution in [0.1, 0.15) is 17.6 Å². The van der Waals surface area contributed by atoms with Gasteiger partial charge in [-0.1, -0.05) is 0 Å². The second kappa shape index (κ2) is 2.18. The minimum Gasteiger partial charge on any atom is -0.275 e. The first-order valence-corrected chi connectivity index (χ1v) is 3.72. The van der Waals surface area contributed by atoms with E-state index in [1.165, 1.54) is 17.1 Å². The van der Waals surface area contributed by atoms with Crippen molar-refractivity contribution in [3.63, 3.8) is 0 Å². The van der Waals surface area contributed by atoms with E-state index in [1.54, 1.807) is 6.20 Å². The van der Waals surface area contributed by atoms with E-state index in [9.17, 15) is 4.79 Å². The first kappa shape index (κ1) is 7.04. The normalized spacial score (nSPS) is 18.2. The average molecular weight is 161 g/mol. The molecule has 0 spiro atoms. The third-order valence-electron chi connectivity index (χ3n) is 2.11. The minimum atomic E-state index is -0.735. The Morgan fingerprint density at radius 1 is 1.67 bits per heavy atom. The smallest absolute Gasteiger partial charge is 0.252 e. The molecule has 1 aromatic rings. The highest BCUT2D eigenvalue weighted by Gasteiger charge is 2.51. The molecule has 1 saturated carbocycles. The topological polar surface area (TPSA) is 58.7 Å². The van der Waals surface area contributed by atoms with Crippen LogP contribution in [0.15, 0.2) is 18.7 Å². The van der Waals surface area contributed by atoms with Gasteiger partial charge in [-0.25, -0.2) is 4.98 Å². The number of carbonyl (C=O) groups excluding carboxylic acids is 1. The molecule has 4 nitrogen and oxygen atoms in total. The van der Waals surface area contributed by atoms with E-state index >= 15 is 0 Å². The van der Waals surface area contributed by atoms with Gasteiger partial charge in [-0.2, -0.15) is 5.26 Å². The Morgan fingerprint density at radius 3 is 2.83 bits per heavy atom. The van der Waals surface area contributed by atoms with Gasteiger partial charge in [0.25, 0.3) is 5.91 Å². The summed E-state index contributed by atoms with van der Waals surface area (Å²) in [6, 6.07) is 2.04. The third kappa shape index (κ3) is 0.832. The van der Waals surface area contributed by atoms with Crippen LogP contribution < -0.4 is 0 Å². The molecule has 1 aromatic heterocycles. The molecule has 4 heteroatoms. The lowest BCUT2D eigenvalue weighted by atomic mass is 10.1. The van der Waals surface area contributed by atoms with Crippen LogP contribution in [0.5, 0.6) is 0 Å². The van der Waals surface area contributed by atoms with Gasteiger partial charge in [0.15, 0.2) is 0 Å². The molecular formula is C8H7N3O. The molecule has 1 fully saturated rings. The van der Waals surface area contributed by atoms with Crippen LogP contribution in [0.3, 0.4) is 0 Å². The zero-order valence-corrected chi connectivity index (χ0v) is 6.40. The number of nitrogens with zero attached hydrogens (tertiary/aromatic N) is 3. The Hall–Kier alpha value is -1.63. The first-order chi connectivity index (χ1) is 5.78. The monoisotopic (exact) mass is 161 g/mol. The van der Waals surface area contributed by atoms with E-state index in [-0.39, 0.29) is 5.91 Å². The van der Waals surface area contributed by atoms with E-state index in [4.69, 9.17) is 5.26 Å². The SMILES string of the molecule is N#CC1(C(=O)n2ccnc2)CC1. The van der Waals surface area contributed by atoms with Gasteiger partial charge in [0.1, 0.15) is 11.7 Å². The van der Waals surface area contributed by atoms with E-state index in [2.05, 4.69) is 4.98 Å². The maximum Gasteiger partial charge on any atom is 0.252 e. The van der Waals surface area contributed by atoms with Crippen LogP contribution in [0.2, 0.25) is 0 Å². The molecule has 0 atom stereocenters.